The summed E-state index contributed by atoms with van der Waals surface area (Å²) in [6.07, 6.45) is 0.485. The molecule has 0 spiro atoms. The van der Waals surface area contributed by atoms with E-state index in [0.29, 0.717) is 6.42 Å². The van der Waals surface area contributed by atoms with Crippen molar-refractivity contribution in [3.63, 3.8) is 0 Å². The summed E-state index contributed by atoms with van der Waals surface area (Å²) in [6, 6.07) is 8.16. The molecule has 70 valence electrons. The molecule has 1 aromatic carbocycles. The summed E-state index contributed by atoms with van der Waals surface area (Å²) < 4.78 is 1.21. The van der Waals surface area contributed by atoms with E-state index in [1.807, 2.05) is 19.1 Å². The van der Waals surface area contributed by atoms with E-state index in [1.165, 1.54) is 10.1 Å². The first-order valence-electron chi connectivity index (χ1n) is 4.37. The van der Waals surface area contributed by atoms with Crippen molar-refractivity contribution in [3.05, 3.63) is 28.6 Å². The van der Waals surface area contributed by atoms with E-state index in [0.717, 1.165) is 16.1 Å². The van der Waals surface area contributed by atoms with E-state index in [9.17, 15) is 0 Å². The Morgan fingerprint density at radius 3 is 3.00 bits per heavy atom. The zero-order valence-corrected chi connectivity index (χ0v) is 8.69. The summed E-state index contributed by atoms with van der Waals surface area (Å²) in [6.45, 7) is 2.01. The van der Waals surface area contributed by atoms with Gasteiger partial charge in [0, 0.05) is 15.3 Å². The highest BCUT2D eigenvalue weighted by Gasteiger charge is 2.05. The van der Waals surface area contributed by atoms with Crippen LogP contribution in [0, 0.1) is 18.3 Å². The largest absolute Gasteiger partial charge is 0.398 e. The van der Waals surface area contributed by atoms with Crippen LogP contribution in [0.25, 0.3) is 10.1 Å². The van der Waals surface area contributed by atoms with E-state index >= 15 is 0 Å². The third-order valence-electron chi connectivity index (χ3n) is 2.32. The number of nitrogen functional groups attached to an aromatic ring is 1. The molecule has 0 atom stereocenters. The first-order valence-corrected chi connectivity index (χ1v) is 5.18. The number of hydrogen-bond acceptors (Lipinski definition) is 3. The number of fused-ring (bicyclic) bond motifs is 1. The van der Waals surface area contributed by atoms with Crippen molar-refractivity contribution in [3.8, 4) is 6.07 Å². The summed E-state index contributed by atoms with van der Waals surface area (Å²) in [5.74, 6) is 0. The van der Waals surface area contributed by atoms with Crippen molar-refractivity contribution in [2.45, 2.75) is 13.3 Å². The van der Waals surface area contributed by atoms with Crippen LogP contribution < -0.4 is 5.73 Å². The van der Waals surface area contributed by atoms with Gasteiger partial charge in [-0.3, -0.25) is 0 Å². The van der Waals surface area contributed by atoms with Crippen molar-refractivity contribution < 1.29 is 0 Å². The van der Waals surface area contributed by atoms with Gasteiger partial charge in [0.15, 0.2) is 0 Å². The Morgan fingerprint density at radius 1 is 1.50 bits per heavy atom. The van der Waals surface area contributed by atoms with Crippen molar-refractivity contribution >= 4 is 27.1 Å². The molecular weight excluding hydrogens is 192 g/mol. The van der Waals surface area contributed by atoms with Gasteiger partial charge >= 0.3 is 0 Å². The number of nitriles is 1. The Balaban J connectivity index is 2.66. The maximum absolute atomic E-state index is 8.60. The van der Waals surface area contributed by atoms with Crippen molar-refractivity contribution in [2.75, 3.05) is 5.73 Å². The Bertz CT molecular complexity index is 520. The third kappa shape index (κ3) is 1.34. The van der Waals surface area contributed by atoms with Gasteiger partial charge in [0.05, 0.1) is 12.5 Å². The fraction of sp³-hybridized carbons (Fsp3) is 0.182. The number of nitrogens with two attached hydrogens (primary N) is 1. The van der Waals surface area contributed by atoms with E-state index in [2.05, 4.69) is 12.1 Å². The van der Waals surface area contributed by atoms with Gasteiger partial charge in [0.25, 0.3) is 0 Å². The molecule has 0 amide bonds. The standard InChI is InChI=1S/C11H10N2S/c1-7-9-6-8(4-5-12)14-11(9)3-2-10(7)13/h2-3,6H,4,13H2,1H3. The summed E-state index contributed by atoms with van der Waals surface area (Å²) in [7, 11) is 0. The molecule has 0 radical (unpaired) electrons. The first-order chi connectivity index (χ1) is 6.72. The maximum Gasteiger partial charge on any atom is 0.0696 e. The molecule has 2 rings (SSSR count). The Morgan fingerprint density at radius 2 is 2.29 bits per heavy atom. The SMILES string of the molecule is Cc1c(N)ccc2sc(CC#N)cc12. The molecule has 1 aromatic heterocycles. The Kier molecular flexibility index (Phi) is 2.14. The molecular formula is C11H10N2S. The number of thiophene rings is 1. The second-order valence-corrected chi connectivity index (χ2v) is 4.41. The molecule has 0 aliphatic heterocycles. The molecule has 0 aliphatic carbocycles. The van der Waals surface area contributed by atoms with Crippen LogP contribution in [0.5, 0.6) is 0 Å². The molecule has 14 heavy (non-hydrogen) atoms. The summed E-state index contributed by atoms with van der Waals surface area (Å²) in [4.78, 5) is 1.11. The quantitative estimate of drug-likeness (QED) is 0.723. The lowest BCUT2D eigenvalue weighted by Crippen LogP contribution is -1.87. The lowest BCUT2D eigenvalue weighted by molar-refractivity contribution is 1.32. The van der Waals surface area contributed by atoms with Crippen LogP contribution in [0.15, 0.2) is 18.2 Å². The Hall–Kier alpha value is -1.53. The number of hydrogen-bond donors (Lipinski definition) is 1. The number of nitrogens with zero attached hydrogens (tertiary/aromatic N) is 1. The molecule has 2 aromatic rings. The predicted octanol–water partition coefficient (Wildman–Crippen LogP) is 2.86. The summed E-state index contributed by atoms with van der Waals surface area (Å²) in [5.41, 5.74) is 7.74. The molecule has 0 fully saturated rings. The number of anilines is 1. The predicted molar refractivity (Wildman–Crippen MR) is 60.3 cm³/mol. The molecule has 1 heterocycles. The van der Waals surface area contributed by atoms with Gasteiger partial charge < -0.3 is 5.73 Å². The van der Waals surface area contributed by atoms with Gasteiger partial charge in [-0.15, -0.1) is 11.3 Å². The summed E-state index contributed by atoms with van der Waals surface area (Å²) >= 11 is 1.67. The zero-order valence-electron chi connectivity index (χ0n) is 7.87. The van der Waals surface area contributed by atoms with E-state index in [-0.39, 0.29) is 0 Å². The minimum absolute atomic E-state index is 0.485. The summed E-state index contributed by atoms with van der Waals surface area (Å²) in [5, 5.41) is 9.78. The maximum atomic E-state index is 8.60. The molecule has 3 heteroatoms. The third-order valence-corrected chi connectivity index (χ3v) is 3.42. The second kappa shape index (κ2) is 3.32. The van der Waals surface area contributed by atoms with Crippen molar-refractivity contribution in [1.82, 2.24) is 0 Å². The van der Waals surface area contributed by atoms with Crippen LogP contribution in [0.1, 0.15) is 10.4 Å². The van der Waals surface area contributed by atoms with Crippen LogP contribution in [0.4, 0.5) is 5.69 Å². The highest BCUT2D eigenvalue weighted by Crippen LogP contribution is 2.31. The van der Waals surface area contributed by atoms with Crippen LogP contribution in [-0.4, -0.2) is 0 Å². The van der Waals surface area contributed by atoms with Gasteiger partial charge in [-0.25, -0.2) is 0 Å². The lowest BCUT2D eigenvalue weighted by Gasteiger charge is -1.99. The lowest BCUT2D eigenvalue weighted by atomic mass is 10.1. The monoisotopic (exact) mass is 202 g/mol. The normalized spacial score (nSPS) is 10.3. The highest BCUT2D eigenvalue weighted by atomic mass is 32.1. The van der Waals surface area contributed by atoms with Crippen LogP contribution in [0.2, 0.25) is 0 Å². The second-order valence-electron chi connectivity index (χ2n) is 3.24. The van der Waals surface area contributed by atoms with E-state index in [1.54, 1.807) is 11.3 Å². The van der Waals surface area contributed by atoms with E-state index in [4.69, 9.17) is 11.0 Å². The molecule has 0 saturated heterocycles. The molecule has 0 bridgehead atoms. The average molecular weight is 202 g/mol. The van der Waals surface area contributed by atoms with E-state index < -0.39 is 0 Å². The van der Waals surface area contributed by atoms with Gasteiger partial charge in [-0.05, 0) is 36.1 Å². The average Bonchev–Trinajstić information content (AvgIpc) is 2.56. The molecule has 0 unspecified atom stereocenters. The zero-order chi connectivity index (χ0) is 10.1. The Labute approximate surface area is 86.6 Å². The van der Waals surface area contributed by atoms with Crippen LogP contribution >= 0.6 is 11.3 Å². The minimum Gasteiger partial charge on any atom is -0.398 e. The number of aryl methyl sites for hydroxylation is 1. The van der Waals surface area contributed by atoms with Crippen LogP contribution in [-0.2, 0) is 6.42 Å². The fourth-order valence-electron chi connectivity index (χ4n) is 1.49. The van der Waals surface area contributed by atoms with Crippen LogP contribution in [0.3, 0.4) is 0 Å². The fourth-order valence-corrected chi connectivity index (χ4v) is 2.54. The van der Waals surface area contributed by atoms with Gasteiger partial charge in [0.2, 0.25) is 0 Å². The van der Waals surface area contributed by atoms with Gasteiger partial charge in [-0.2, -0.15) is 5.26 Å². The van der Waals surface area contributed by atoms with Crippen molar-refractivity contribution in [1.29, 1.82) is 5.26 Å². The highest BCUT2D eigenvalue weighted by molar-refractivity contribution is 7.19. The smallest absolute Gasteiger partial charge is 0.0696 e. The first kappa shape index (κ1) is 9.04. The molecule has 0 saturated carbocycles. The minimum atomic E-state index is 0.485. The topological polar surface area (TPSA) is 49.8 Å². The number of benzene rings is 1. The van der Waals surface area contributed by atoms with Gasteiger partial charge in [-0.1, -0.05) is 0 Å². The molecule has 0 aliphatic rings. The molecule has 2 N–H and O–H groups in total. The van der Waals surface area contributed by atoms with Gasteiger partial charge in [0.1, 0.15) is 0 Å². The van der Waals surface area contributed by atoms with Crippen molar-refractivity contribution in [2.24, 2.45) is 0 Å². The molecule has 2 nitrogen and oxygen atoms in total. The number of rotatable bonds is 1.